The number of hydrogen-bond donors (Lipinski definition) is 2. The topological polar surface area (TPSA) is 87.5 Å². The molecule has 7 heteroatoms. The van der Waals surface area contributed by atoms with Crippen LogP contribution in [0, 0.1) is 0 Å². The summed E-state index contributed by atoms with van der Waals surface area (Å²) in [6.07, 6.45) is 1.79. The third-order valence-electron chi connectivity index (χ3n) is 5.18. The van der Waals surface area contributed by atoms with Crippen LogP contribution < -0.4 is 5.32 Å². The van der Waals surface area contributed by atoms with E-state index in [1.165, 1.54) is 4.90 Å². The molecule has 3 aromatic rings. The van der Waals surface area contributed by atoms with Gasteiger partial charge in [-0.1, -0.05) is 12.1 Å². The van der Waals surface area contributed by atoms with Gasteiger partial charge in [0.2, 0.25) is 0 Å². The van der Waals surface area contributed by atoms with Crippen LogP contribution in [0.25, 0.3) is 10.9 Å². The Balaban J connectivity index is 1.75. The van der Waals surface area contributed by atoms with Crippen molar-refractivity contribution >= 4 is 34.2 Å². The molecule has 0 saturated carbocycles. The largest absolute Gasteiger partial charge is 0.480 e. The molecule has 2 N–H and O–H groups in total. The van der Waals surface area contributed by atoms with Crippen LogP contribution >= 0.6 is 0 Å². The first-order valence-electron chi connectivity index (χ1n) is 8.65. The Bertz CT molecular complexity index is 1080. The lowest BCUT2D eigenvalue weighted by Gasteiger charge is -2.31. The number of aryl methyl sites for hydroxylation is 1. The molecule has 0 saturated heterocycles. The molecular formula is C20H20N4O3. The van der Waals surface area contributed by atoms with E-state index in [0.29, 0.717) is 11.3 Å². The summed E-state index contributed by atoms with van der Waals surface area (Å²) in [4.78, 5) is 25.6. The zero-order chi connectivity index (χ0) is 19.3. The summed E-state index contributed by atoms with van der Waals surface area (Å²) in [7, 11) is 1.89. The third kappa shape index (κ3) is 2.63. The third-order valence-corrected chi connectivity index (χ3v) is 5.18. The molecule has 27 heavy (non-hydrogen) atoms. The fourth-order valence-electron chi connectivity index (χ4n) is 3.73. The summed E-state index contributed by atoms with van der Waals surface area (Å²) in [6.45, 7) is 3.40. The Morgan fingerprint density at radius 1 is 1.26 bits per heavy atom. The van der Waals surface area contributed by atoms with Crippen molar-refractivity contribution in [2.45, 2.75) is 19.4 Å². The minimum absolute atomic E-state index is 0.275. The number of aliphatic carboxylic acids is 1. The van der Waals surface area contributed by atoms with Crippen LogP contribution in [-0.2, 0) is 17.4 Å². The van der Waals surface area contributed by atoms with Crippen LogP contribution in [0.4, 0.5) is 11.4 Å². The number of nitrogens with one attached hydrogen (secondary N) is 1. The second-order valence-corrected chi connectivity index (χ2v) is 7.24. The number of carbonyl (C=O) groups excluding carboxylic acids is 1. The monoisotopic (exact) mass is 364 g/mol. The van der Waals surface area contributed by atoms with Crippen molar-refractivity contribution in [3.63, 3.8) is 0 Å². The molecule has 4 rings (SSSR count). The Labute approximate surface area is 156 Å². The molecule has 0 spiro atoms. The number of anilines is 2. The number of fused-ring (bicyclic) bond motifs is 2. The molecule has 1 aliphatic heterocycles. The summed E-state index contributed by atoms with van der Waals surface area (Å²) in [6, 6.07) is 11.5. The van der Waals surface area contributed by atoms with Crippen LogP contribution in [0.2, 0.25) is 0 Å². The summed E-state index contributed by atoms with van der Waals surface area (Å²) < 4.78 is 1.80. The molecule has 0 unspecified atom stereocenters. The van der Waals surface area contributed by atoms with Crippen LogP contribution in [0.5, 0.6) is 0 Å². The number of benzene rings is 2. The summed E-state index contributed by atoms with van der Waals surface area (Å²) in [5.41, 5.74) is 3.18. The van der Waals surface area contributed by atoms with Gasteiger partial charge in [0.25, 0.3) is 5.91 Å². The minimum atomic E-state index is -1.03. The summed E-state index contributed by atoms with van der Waals surface area (Å²) >= 11 is 0. The number of carbonyl (C=O) groups is 2. The maximum absolute atomic E-state index is 13.0. The number of aromatic nitrogens is 2. The molecule has 0 aliphatic carbocycles. The van der Waals surface area contributed by atoms with Crippen molar-refractivity contribution < 1.29 is 14.7 Å². The molecule has 0 fully saturated rings. The van der Waals surface area contributed by atoms with Crippen molar-refractivity contribution in [2.75, 3.05) is 11.9 Å². The van der Waals surface area contributed by atoms with Crippen molar-refractivity contribution in [3.05, 3.63) is 53.7 Å². The first-order valence-corrected chi connectivity index (χ1v) is 8.65. The van der Waals surface area contributed by atoms with E-state index in [9.17, 15) is 14.7 Å². The van der Waals surface area contributed by atoms with Gasteiger partial charge in [-0.25, -0.2) is 0 Å². The Hall–Kier alpha value is -3.35. The van der Waals surface area contributed by atoms with E-state index < -0.39 is 11.5 Å². The van der Waals surface area contributed by atoms with Gasteiger partial charge >= 0.3 is 5.97 Å². The second-order valence-electron chi connectivity index (χ2n) is 7.24. The molecule has 0 bridgehead atoms. The van der Waals surface area contributed by atoms with E-state index in [1.807, 2.05) is 57.3 Å². The van der Waals surface area contributed by atoms with E-state index in [4.69, 9.17) is 0 Å². The lowest BCUT2D eigenvalue weighted by molar-refractivity contribution is -0.138. The van der Waals surface area contributed by atoms with Crippen LogP contribution in [-0.4, -0.2) is 38.2 Å². The number of amides is 1. The molecule has 7 nitrogen and oxygen atoms in total. The zero-order valence-corrected chi connectivity index (χ0v) is 15.4. The van der Waals surface area contributed by atoms with Crippen LogP contribution in [0.15, 0.2) is 42.6 Å². The van der Waals surface area contributed by atoms with Gasteiger partial charge in [-0.2, -0.15) is 5.10 Å². The number of rotatable bonds is 4. The summed E-state index contributed by atoms with van der Waals surface area (Å²) in [5, 5.41) is 17.7. The predicted molar refractivity (Wildman–Crippen MR) is 102 cm³/mol. The Morgan fingerprint density at radius 3 is 2.78 bits per heavy atom. The highest BCUT2D eigenvalue weighted by Crippen LogP contribution is 2.42. The van der Waals surface area contributed by atoms with Crippen molar-refractivity contribution in [1.82, 2.24) is 14.7 Å². The lowest BCUT2D eigenvalue weighted by atomic mass is 9.93. The van der Waals surface area contributed by atoms with Gasteiger partial charge in [-0.3, -0.25) is 14.3 Å². The fraction of sp³-hybridized carbons (Fsp3) is 0.250. The molecule has 1 aliphatic rings. The molecular weight excluding hydrogens is 344 g/mol. The number of carboxylic acid groups (broad SMARTS) is 1. The number of nitrogens with zero attached hydrogens (tertiary/aromatic N) is 3. The van der Waals surface area contributed by atoms with Gasteiger partial charge in [0.1, 0.15) is 6.54 Å². The Morgan fingerprint density at radius 2 is 2.04 bits per heavy atom. The molecule has 0 atom stereocenters. The first kappa shape index (κ1) is 17.1. The van der Waals surface area contributed by atoms with E-state index in [1.54, 1.807) is 10.9 Å². The quantitative estimate of drug-likeness (QED) is 0.743. The highest BCUT2D eigenvalue weighted by atomic mass is 16.4. The van der Waals surface area contributed by atoms with E-state index in [2.05, 4.69) is 10.4 Å². The normalized spacial score (nSPS) is 15.2. The van der Waals surface area contributed by atoms with Gasteiger partial charge in [0.05, 0.1) is 28.5 Å². The zero-order valence-electron chi connectivity index (χ0n) is 15.4. The van der Waals surface area contributed by atoms with Crippen molar-refractivity contribution in [3.8, 4) is 0 Å². The highest BCUT2D eigenvalue weighted by Gasteiger charge is 2.44. The minimum Gasteiger partial charge on any atom is -0.480 e. The molecule has 0 radical (unpaired) electrons. The molecule has 1 aromatic heterocycles. The average Bonchev–Trinajstić information content (AvgIpc) is 3.07. The highest BCUT2D eigenvalue weighted by molar-refractivity contribution is 6.06. The van der Waals surface area contributed by atoms with E-state index in [-0.39, 0.29) is 12.5 Å². The SMILES string of the molecule is Cn1ncc2cc(Nc3cccc4c3C(=O)N(CC(=O)O)C4(C)C)ccc21. The van der Waals surface area contributed by atoms with Crippen molar-refractivity contribution in [2.24, 2.45) is 7.05 Å². The second kappa shape index (κ2) is 5.84. The molecule has 2 aromatic carbocycles. The number of carboxylic acids is 1. The van der Waals surface area contributed by atoms with Gasteiger partial charge in [0, 0.05) is 18.1 Å². The number of hydrogen-bond acceptors (Lipinski definition) is 4. The maximum Gasteiger partial charge on any atom is 0.323 e. The van der Waals surface area contributed by atoms with Crippen molar-refractivity contribution in [1.29, 1.82) is 0 Å². The predicted octanol–water partition coefficient (Wildman–Crippen LogP) is 3.09. The molecule has 1 amide bonds. The van der Waals surface area contributed by atoms with Gasteiger partial charge in [0.15, 0.2) is 0 Å². The van der Waals surface area contributed by atoms with Gasteiger partial charge in [-0.15, -0.1) is 0 Å². The van der Waals surface area contributed by atoms with Gasteiger partial charge < -0.3 is 15.3 Å². The van der Waals surface area contributed by atoms with Crippen LogP contribution in [0.1, 0.15) is 29.8 Å². The van der Waals surface area contributed by atoms with E-state index >= 15 is 0 Å². The Kier molecular flexibility index (Phi) is 3.69. The standard InChI is InChI=1S/C20H20N4O3/c1-20(2)14-5-4-6-15(18(14)19(27)24(20)11-17(25)26)22-13-7-8-16-12(9-13)10-21-23(16)3/h4-10,22H,11H2,1-3H3,(H,25,26). The lowest BCUT2D eigenvalue weighted by Crippen LogP contribution is -2.42. The molecule has 138 valence electrons. The van der Waals surface area contributed by atoms with Gasteiger partial charge in [-0.05, 0) is 43.7 Å². The van der Waals surface area contributed by atoms with Crippen LogP contribution in [0.3, 0.4) is 0 Å². The summed E-state index contributed by atoms with van der Waals surface area (Å²) in [5.74, 6) is -1.30. The first-order chi connectivity index (χ1) is 12.8. The fourth-order valence-corrected chi connectivity index (χ4v) is 3.73. The average molecular weight is 364 g/mol. The maximum atomic E-state index is 13.0. The smallest absolute Gasteiger partial charge is 0.323 e. The van der Waals surface area contributed by atoms with E-state index in [0.717, 1.165) is 22.2 Å². The molecule has 2 heterocycles.